The lowest BCUT2D eigenvalue weighted by Crippen LogP contribution is -2.61. The van der Waals surface area contributed by atoms with E-state index in [0.717, 1.165) is 66.3 Å². The van der Waals surface area contributed by atoms with Crippen molar-refractivity contribution in [1.29, 1.82) is 0 Å². The Morgan fingerprint density at radius 1 is 0.217 bits per heavy atom. The van der Waals surface area contributed by atoms with E-state index < -0.39 is 95.9 Å². The van der Waals surface area contributed by atoms with Gasteiger partial charge in [0.25, 0.3) is 6.71 Å². The minimum atomic E-state index is -1.24. The van der Waals surface area contributed by atoms with E-state index in [1.165, 1.54) is 0 Å². The highest BCUT2D eigenvalue weighted by molar-refractivity contribution is 7.00. The van der Waals surface area contributed by atoms with Crippen LogP contribution in [-0.4, -0.2) is 11.3 Å². The third-order valence-electron chi connectivity index (χ3n) is 28.1. The number of rotatable bonds is 9. The normalized spacial score (nSPS) is 15.9. The molecular weight excluding hydrogens is 1660 g/mol. The van der Waals surface area contributed by atoms with Gasteiger partial charge in [-0.05, 0) is 293 Å². The monoisotopic (exact) mass is 1840 g/mol. The molecule has 0 amide bonds. The van der Waals surface area contributed by atoms with Crippen molar-refractivity contribution in [2.24, 2.45) is 0 Å². The van der Waals surface area contributed by atoms with Gasteiger partial charge in [-0.25, -0.2) is 0 Å². The third kappa shape index (κ3) is 19.0. The van der Waals surface area contributed by atoms with Crippen LogP contribution >= 0.6 is 0 Å². The highest BCUT2D eigenvalue weighted by Gasteiger charge is 2.48. The van der Waals surface area contributed by atoms with Crippen LogP contribution in [0.3, 0.4) is 0 Å². The number of nitrogens with zero attached hydrogens (tertiary/aromatic N) is 3. The minimum Gasteiger partial charge on any atom is -0.310 e. The summed E-state index contributed by atoms with van der Waals surface area (Å²) < 4.78 is 203. The van der Waals surface area contributed by atoms with E-state index in [1.807, 2.05) is 171 Å². The molecule has 2 aliphatic rings. The molecule has 0 N–H and O–H groups in total. The molecule has 14 aromatic rings. The van der Waals surface area contributed by atoms with E-state index in [2.05, 4.69) is 255 Å². The Hall–Kier alpha value is -10.7. The second-order valence-electron chi connectivity index (χ2n) is 54.4. The van der Waals surface area contributed by atoms with Crippen LogP contribution in [0, 0.1) is 0 Å². The Morgan fingerprint density at radius 2 is 0.522 bits per heavy atom. The molecule has 0 bridgehead atoms. The predicted molar refractivity (Wildman–Crippen MR) is 609 cm³/mol. The van der Waals surface area contributed by atoms with Gasteiger partial charge in [0.1, 0.15) is 0 Å². The van der Waals surface area contributed by atoms with Gasteiger partial charge in [-0.3, -0.25) is 0 Å². The molecule has 3 heterocycles. The van der Waals surface area contributed by atoms with Crippen LogP contribution in [0.5, 0.6) is 0 Å². The smallest absolute Gasteiger partial charge is 0.252 e. The number of fused-ring (bicyclic) bond motifs is 7. The molecule has 3 nitrogen and oxygen atoms in total. The zero-order valence-corrected chi connectivity index (χ0v) is 91.5. The fraction of sp³-hybridized carbons (Fsp3) is 0.418. The van der Waals surface area contributed by atoms with Crippen molar-refractivity contribution in [1.82, 2.24) is 4.57 Å². The van der Waals surface area contributed by atoms with Crippen LogP contribution in [0.4, 0.5) is 34.1 Å². The van der Waals surface area contributed by atoms with Gasteiger partial charge in [0.2, 0.25) is 0 Å². The molecule has 138 heavy (non-hydrogen) atoms. The summed E-state index contributed by atoms with van der Waals surface area (Å²) in [6.07, 6.45) is 0. The van der Waals surface area contributed by atoms with Crippen LogP contribution in [0.15, 0.2) is 230 Å². The summed E-state index contributed by atoms with van der Waals surface area (Å²) in [7, 11) is 0. The first-order valence-electron chi connectivity index (χ1n) is 59.2. The van der Waals surface area contributed by atoms with Crippen molar-refractivity contribution in [3.63, 3.8) is 0 Å². The largest absolute Gasteiger partial charge is 0.310 e. The number of aromatic nitrogens is 1. The average Bonchev–Trinajstić information content (AvgIpc) is 1.04. The molecule has 0 unspecified atom stereocenters. The van der Waals surface area contributed by atoms with Gasteiger partial charge in [-0.1, -0.05) is 442 Å². The van der Waals surface area contributed by atoms with Crippen LogP contribution in [-0.2, 0) is 75.8 Å². The fourth-order valence-electron chi connectivity index (χ4n) is 19.2. The van der Waals surface area contributed by atoms with Crippen LogP contribution in [0.2, 0.25) is 0 Å². The zero-order valence-electron chi connectivity index (χ0n) is 109. The molecule has 2 aliphatic heterocycles. The Morgan fingerprint density at radius 3 is 0.877 bits per heavy atom. The molecule has 13 aromatic carbocycles. The van der Waals surface area contributed by atoms with E-state index in [0.29, 0.717) is 56.0 Å². The highest BCUT2D eigenvalue weighted by atomic mass is 15.2. The van der Waals surface area contributed by atoms with E-state index in [4.69, 9.17) is 0 Å². The predicted octanol–water partition coefficient (Wildman–Crippen LogP) is 37.0. The number of hydrogen-bond acceptors (Lipinski definition) is 2. The summed E-state index contributed by atoms with van der Waals surface area (Å²) in [5, 5.41) is 1.97. The lowest BCUT2D eigenvalue weighted by atomic mass is 9.33. The molecule has 0 saturated carbocycles. The third-order valence-corrected chi connectivity index (χ3v) is 28.1. The van der Waals surface area contributed by atoms with Gasteiger partial charge in [0, 0.05) is 61.5 Å². The first-order chi connectivity index (χ1) is 70.8. The van der Waals surface area contributed by atoms with E-state index in [-0.39, 0.29) is 196 Å². The molecule has 0 radical (unpaired) electrons. The number of hydrogen-bond donors (Lipinski definition) is 0. The maximum atomic E-state index is 12.1. The molecule has 16 rings (SSSR count). The average molecular weight is 1850 g/mol. The van der Waals surface area contributed by atoms with Crippen molar-refractivity contribution in [2.45, 2.75) is 367 Å². The molecule has 718 valence electrons. The lowest BCUT2D eigenvalue weighted by Gasteiger charge is -2.46. The lowest BCUT2D eigenvalue weighted by molar-refractivity contribution is 0.568. The SMILES string of the molecule is [2H]c1c([2H])c(C(C)(C)C)c(-c2c([2H])c(C(C)(C)C)c([2H])c(-c3c([2H])c([2H])c(C(C)(C)C)c([2H])c3[2H])c2N2c3cc(-c4cc(C(C)(C)C)cc(C(C)(C)C)c4)ccc3B3c4ccc(-n5c6ccc(C(C)(C)C)cc6c6cc(C(C)(C)C)ccc65)cc4N(c4c(-c5c([2H])c([2H])c(C(C)(C)C)c([2H])c5[2H])c([2H])c(C(C)(C)C)c([2H])c4-c4c([2H])c(C(C)(C)C)c([2H])c(C(C)(C)C)c4[2H])c4cc(-c5cc(C(C)(C)C)cc(C(C)(C)C)c5)cc2c43)c(C(C)(C)C)c1[2H]. The molecule has 0 aliphatic carbocycles. The van der Waals surface area contributed by atoms with Crippen molar-refractivity contribution in [3.8, 4) is 72.4 Å². The Bertz CT molecular complexity index is 8050. The van der Waals surface area contributed by atoms with E-state index in [1.54, 1.807) is 0 Å². The molecule has 1 aromatic heterocycles. The molecule has 0 fully saturated rings. The van der Waals surface area contributed by atoms with Gasteiger partial charge < -0.3 is 14.4 Å². The summed E-state index contributed by atoms with van der Waals surface area (Å²) in [5.41, 5.74) is 3.76. The van der Waals surface area contributed by atoms with Crippen LogP contribution < -0.4 is 26.2 Å². The van der Waals surface area contributed by atoms with Crippen molar-refractivity contribution in [2.75, 3.05) is 9.80 Å². The molecule has 0 spiro atoms. The number of benzene rings is 13. The Labute approximate surface area is 860 Å². The van der Waals surface area contributed by atoms with Gasteiger partial charge >= 0.3 is 0 Å². The second kappa shape index (κ2) is 33.5. The Kier molecular flexibility index (Phi) is 19.2. The van der Waals surface area contributed by atoms with Crippen molar-refractivity contribution in [3.05, 3.63) is 308 Å². The summed E-state index contributed by atoms with van der Waals surface area (Å²) in [6.45, 7) is 84.5. The minimum absolute atomic E-state index is 0.00459. The van der Waals surface area contributed by atoms with Crippen LogP contribution in [0.1, 0.15) is 393 Å². The first-order valence-corrected chi connectivity index (χ1v) is 50.2. The zero-order chi connectivity index (χ0) is 117. The summed E-state index contributed by atoms with van der Waals surface area (Å²) in [5.74, 6) is 0. The van der Waals surface area contributed by atoms with Gasteiger partial charge in [0.05, 0.1) is 47.1 Å². The van der Waals surface area contributed by atoms with Crippen molar-refractivity contribution >= 4 is 79.0 Å². The Balaban J connectivity index is 1.33. The first kappa shape index (κ1) is 79.0. The maximum Gasteiger partial charge on any atom is 0.252 e. The van der Waals surface area contributed by atoms with Gasteiger partial charge in [-0.15, -0.1) is 0 Å². The topological polar surface area (TPSA) is 11.4 Å². The van der Waals surface area contributed by atoms with Crippen LogP contribution in [0.25, 0.3) is 94.3 Å². The standard InChI is InChI=1S/C134H164BN3/c1-121(2,3)88-51-46-81(47-52-88)101-76-98(131(31,32)33)78-103(87-66-96(129(25,26)27)73-97(67-87)130(28,29)30)119(101)138-114-80-100(136-111-60-55-90(123(7,8)9)74-104(111)105-75-91(124(10,11)12)56-61-112(105)136)57-59-110(114)135-109-58-50-83(84-62-92(125(13,14)15)71-93(63-84)126(16,17)18)68-113(109)137(115-69-86(70-116(138)118(115)135)85-64-94(127(19,20)21)72-95(65-85)128(22,23)24)120-102(82-48-53-89(54-49-82)122(4,5)6)77-99(132(34,35)36)79-106(120)117-107(133(37,38)39)44-43-45-108(117)134(40,41)42/h43-80H,1-42H3/i43D,44D,45D,46D,47D,48D,49D,51D,52D,53D,54D,66D,67D,73D,76D,77D,78D,79D. The quantitative estimate of drug-likeness (QED) is 0.133. The summed E-state index contributed by atoms with van der Waals surface area (Å²) >= 11 is 0. The molecule has 0 atom stereocenters. The van der Waals surface area contributed by atoms with E-state index in [9.17, 15) is 24.7 Å². The maximum absolute atomic E-state index is 12.1. The van der Waals surface area contributed by atoms with E-state index >= 15 is 0 Å². The fourth-order valence-corrected chi connectivity index (χ4v) is 19.2. The molecule has 4 heteroatoms. The molecular formula is C134H164BN3. The molecule has 0 saturated heterocycles. The second-order valence-corrected chi connectivity index (χ2v) is 54.4. The van der Waals surface area contributed by atoms with Gasteiger partial charge in [0.15, 0.2) is 0 Å². The van der Waals surface area contributed by atoms with Gasteiger partial charge in [-0.2, -0.15) is 0 Å². The highest BCUT2D eigenvalue weighted by Crippen LogP contribution is 2.59. The van der Waals surface area contributed by atoms with Crippen molar-refractivity contribution < 1.29 is 24.7 Å². The number of anilines is 6. The summed E-state index contributed by atoms with van der Waals surface area (Å²) in [6, 6.07) is 37.9. The summed E-state index contributed by atoms with van der Waals surface area (Å²) in [4.78, 5) is 4.11.